The van der Waals surface area contributed by atoms with E-state index >= 15 is 0 Å². The van der Waals surface area contributed by atoms with E-state index in [0.29, 0.717) is 0 Å². The highest BCUT2D eigenvalue weighted by Crippen LogP contribution is 2.61. The van der Waals surface area contributed by atoms with Crippen molar-refractivity contribution in [1.29, 1.82) is 0 Å². The molecule has 0 saturated carbocycles. The maximum atomic E-state index is 2.88. The number of hydrogen-bond donors (Lipinski definition) is 0. The second kappa shape index (κ2) is 15.2. The Bertz CT molecular complexity index is 3580. The molecular weight excluding hydrogens is 936 g/mol. The maximum absolute atomic E-state index is 2.88. The van der Waals surface area contributed by atoms with Crippen LogP contribution in [0.2, 0.25) is 0 Å². The van der Waals surface area contributed by atoms with Gasteiger partial charge in [0.25, 0.3) is 6.71 Å². The highest BCUT2D eigenvalue weighted by molar-refractivity contribution is 7.29. The molecule has 0 radical (unpaired) electrons. The number of anilines is 6. The van der Waals surface area contributed by atoms with Gasteiger partial charge in [-0.05, 0) is 241 Å². The van der Waals surface area contributed by atoms with E-state index in [4.69, 9.17) is 0 Å². The number of fused-ring (bicyclic) bond motifs is 14. The van der Waals surface area contributed by atoms with Crippen molar-refractivity contribution < 1.29 is 0 Å². The van der Waals surface area contributed by atoms with Crippen molar-refractivity contribution in [3.63, 3.8) is 0 Å². The minimum absolute atomic E-state index is 0.00373. The van der Waals surface area contributed by atoms with Crippen LogP contribution >= 0.6 is 11.3 Å². The van der Waals surface area contributed by atoms with Gasteiger partial charge in [0.1, 0.15) is 0 Å². The van der Waals surface area contributed by atoms with E-state index in [9.17, 15) is 0 Å². The Morgan fingerprint density at radius 1 is 0.461 bits per heavy atom. The minimum Gasteiger partial charge on any atom is -0.311 e. The molecule has 0 N–H and O–H groups in total. The molecule has 0 amide bonds. The Labute approximate surface area is 464 Å². The third kappa shape index (κ3) is 6.70. The van der Waals surface area contributed by atoms with Gasteiger partial charge in [-0.25, -0.2) is 0 Å². The van der Waals surface area contributed by atoms with Gasteiger partial charge >= 0.3 is 0 Å². The van der Waals surface area contributed by atoms with Crippen LogP contribution in [0.25, 0.3) is 11.1 Å². The number of benzene rings is 5. The van der Waals surface area contributed by atoms with Gasteiger partial charge in [-0.3, -0.25) is 0 Å². The lowest BCUT2D eigenvalue weighted by molar-refractivity contribution is 0.332. The van der Waals surface area contributed by atoms with E-state index in [1.807, 2.05) is 0 Å². The third-order valence-corrected chi connectivity index (χ3v) is 23.8. The fourth-order valence-corrected chi connectivity index (χ4v) is 18.8. The lowest BCUT2D eigenvalue weighted by Crippen LogP contribution is -2.61. The summed E-state index contributed by atoms with van der Waals surface area (Å²) in [6, 6.07) is 26.8. The van der Waals surface area contributed by atoms with E-state index in [1.54, 1.807) is 26.3 Å². The highest BCUT2D eigenvalue weighted by Gasteiger charge is 2.54. The molecule has 6 aromatic rings. The van der Waals surface area contributed by atoms with E-state index in [2.05, 4.69) is 227 Å². The van der Waals surface area contributed by atoms with E-state index in [-0.39, 0.29) is 55.4 Å². The van der Waals surface area contributed by atoms with Crippen molar-refractivity contribution in [2.75, 3.05) is 9.80 Å². The molecule has 13 rings (SSSR count). The monoisotopic (exact) mass is 1020 g/mol. The van der Waals surface area contributed by atoms with Crippen LogP contribution < -0.4 is 25.5 Å². The van der Waals surface area contributed by atoms with Crippen molar-refractivity contribution in [1.82, 2.24) is 0 Å². The minimum atomic E-state index is -0.159. The standard InChI is InChI=1S/C72H89BN2S/c1-40-32-41(2)58-42(3)57(40)45-36-48-50(68(13,14)27-26-67(48,11)12)38-53(45)75-54-39-51-49(69(15,16)30-31-72(51,58)21)37-52(54)73-60-55(33-43(34-56(60)75)64(4,5)6)74(44-22-23-46-47(35-44)66(9,10)25-24-65(46,7)8)61-59-62(76-63(61)73)71(19,20)29-28-70(59,17)18/h22-23,32-39H,24-31H2,1-21H3. The quantitative estimate of drug-likeness (QED) is 0.151. The zero-order valence-electron chi connectivity index (χ0n) is 50.8. The molecule has 1 atom stereocenters. The van der Waals surface area contributed by atoms with Gasteiger partial charge in [0.2, 0.25) is 0 Å². The normalized spacial score (nSPS) is 23.6. The van der Waals surface area contributed by atoms with Crippen molar-refractivity contribution in [2.45, 2.75) is 245 Å². The summed E-state index contributed by atoms with van der Waals surface area (Å²) in [7, 11) is 0. The van der Waals surface area contributed by atoms with Crippen LogP contribution in [-0.2, 0) is 48.7 Å². The molecule has 4 heteroatoms. The first-order valence-electron chi connectivity index (χ1n) is 29.7. The van der Waals surface area contributed by atoms with Crippen LogP contribution in [0.3, 0.4) is 0 Å². The number of thiophene rings is 1. The third-order valence-electron chi connectivity index (χ3n) is 22.2. The largest absolute Gasteiger partial charge is 0.311 e. The molecule has 0 spiro atoms. The van der Waals surface area contributed by atoms with Gasteiger partial charge in [0, 0.05) is 43.4 Å². The molecule has 1 unspecified atom stereocenters. The second-order valence-corrected chi connectivity index (χ2v) is 32.9. The van der Waals surface area contributed by atoms with Gasteiger partial charge in [-0.2, -0.15) is 11.3 Å². The highest BCUT2D eigenvalue weighted by atomic mass is 32.1. The molecule has 4 aliphatic carbocycles. The zero-order chi connectivity index (χ0) is 54.5. The summed E-state index contributed by atoms with van der Waals surface area (Å²) < 4.78 is 1.55. The van der Waals surface area contributed by atoms with Crippen molar-refractivity contribution in [2.24, 2.45) is 0 Å². The van der Waals surface area contributed by atoms with Crippen LogP contribution in [-0.4, -0.2) is 6.71 Å². The molecule has 396 valence electrons. The summed E-state index contributed by atoms with van der Waals surface area (Å²) in [5.41, 5.74) is 32.2. The summed E-state index contributed by atoms with van der Waals surface area (Å²) in [5, 5.41) is 0. The molecule has 2 nitrogen and oxygen atoms in total. The first kappa shape index (κ1) is 50.9. The summed E-state index contributed by atoms with van der Waals surface area (Å²) in [6.07, 6.45) is 9.42. The smallest absolute Gasteiger partial charge is 0.264 e. The van der Waals surface area contributed by atoms with Gasteiger partial charge in [0.05, 0.1) is 11.4 Å². The molecule has 4 heterocycles. The molecule has 3 aliphatic heterocycles. The Balaban J connectivity index is 1.25. The van der Waals surface area contributed by atoms with E-state index < -0.39 is 0 Å². The first-order chi connectivity index (χ1) is 35.1. The van der Waals surface area contributed by atoms with E-state index in [1.165, 1.54) is 145 Å². The fourth-order valence-electron chi connectivity index (χ4n) is 17.0. The summed E-state index contributed by atoms with van der Waals surface area (Å²) in [4.78, 5) is 7.35. The van der Waals surface area contributed by atoms with Gasteiger partial charge < -0.3 is 9.80 Å². The average Bonchev–Trinajstić information content (AvgIpc) is 3.93. The number of nitrogens with zero attached hydrogens (tertiary/aromatic N) is 2. The molecular formula is C72H89BN2S. The lowest BCUT2D eigenvalue weighted by atomic mass is 9.35. The number of aryl methyl sites for hydroxylation is 2. The summed E-state index contributed by atoms with van der Waals surface area (Å²) in [6.45, 7) is 52.9. The molecule has 7 aliphatic rings. The molecule has 76 heavy (non-hydrogen) atoms. The SMILES string of the molecule is Cc1cc(C)c2c(C)c1-c1cc3c(cc1N1c4cc5c(cc4B4c6sc7c(c6N(c6ccc8c(c6)C(C)(C)CCC8(C)C)c6cc(C(C)(C)C)cc1c64)C(C)(C)CCC7(C)C)C(C)(C)CCC52C)C(C)(C)CCC3(C)C. The predicted octanol–water partition coefficient (Wildman–Crippen LogP) is 18.5. The van der Waals surface area contributed by atoms with Crippen LogP contribution in [0.1, 0.15) is 248 Å². The van der Waals surface area contributed by atoms with Crippen molar-refractivity contribution in [3.8, 4) is 11.1 Å². The van der Waals surface area contributed by atoms with Crippen LogP contribution in [0.5, 0.6) is 0 Å². The summed E-state index contributed by atoms with van der Waals surface area (Å²) in [5.74, 6) is 0. The van der Waals surface area contributed by atoms with Crippen LogP contribution in [0.4, 0.5) is 34.1 Å². The Kier molecular flexibility index (Phi) is 10.2. The van der Waals surface area contributed by atoms with Crippen LogP contribution in [0.15, 0.2) is 60.7 Å². The zero-order valence-corrected chi connectivity index (χ0v) is 51.6. The van der Waals surface area contributed by atoms with Crippen LogP contribution in [0, 0.1) is 20.8 Å². The van der Waals surface area contributed by atoms with Crippen molar-refractivity contribution in [3.05, 3.63) is 132 Å². The Hall–Kier alpha value is -4.54. The fraction of sp³-hybridized carbons (Fsp3) is 0.528. The van der Waals surface area contributed by atoms with Gasteiger partial charge in [0.15, 0.2) is 0 Å². The molecule has 5 aromatic carbocycles. The van der Waals surface area contributed by atoms with Crippen molar-refractivity contribution >= 4 is 67.9 Å². The summed E-state index contributed by atoms with van der Waals surface area (Å²) >= 11 is 2.19. The maximum Gasteiger partial charge on any atom is 0.264 e. The Morgan fingerprint density at radius 2 is 0.974 bits per heavy atom. The molecule has 0 saturated heterocycles. The Morgan fingerprint density at radius 3 is 1.59 bits per heavy atom. The topological polar surface area (TPSA) is 6.48 Å². The molecule has 0 fully saturated rings. The predicted molar refractivity (Wildman–Crippen MR) is 331 cm³/mol. The average molecular weight is 1030 g/mol. The van der Waals surface area contributed by atoms with E-state index in [0.717, 1.165) is 12.8 Å². The molecule has 4 bridgehead atoms. The number of hydrogen-bond acceptors (Lipinski definition) is 3. The molecule has 1 aromatic heterocycles. The van der Waals surface area contributed by atoms with Gasteiger partial charge in [-0.1, -0.05) is 143 Å². The van der Waals surface area contributed by atoms with Gasteiger partial charge in [-0.15, -0.1) is 0 Å². The second-order valence-electron chi connectivity index (χ2n) is 31.8. The lowest BCUT2D eigenvalue weighted by Gasteiger charge is -2.50. The first-order valence-corrected chi connectivity index (χ1v) is 30.5. The number of rotatable bonds is 1.